The van der Waals surface area contributed by atoms with Gasteiger partial charge in [0.05, 0.1) is 0 Å². The van der Waals surface area contributed by atoms with Gasteiger partial charge in [0, 0.05) is 31.2 Å². The lowest BCUT2D eigenvalue weighted by atomic mass is 10.2. The van der Waals surface area contributed by atoms with Crippen molar-refractivity contribution in [3.8, 4) is 0 Å². The fourth-order valence-corrected chi connectivity index (χ4v) is 1.82. The van der Waals surface area contributed by atoms with Crippen molar-refractivity contribution >= 4 is 11.6 Å². The van der Waals surface area contributed by atoms with E-state index in [4.69, 9.17) is 10.5 Å². The summed E-state index contributed by atoms with van der Waals surface area (Å²) in [6.07, 6.45) is 3.31. The molecule has 1 aromatic heterocycles. The molecular formula is C13H22N4O. The highest BCUT2D eigenvalue weighted by atomic mass is 16.5. The van der Waals surface area contributed by atoms with Crippen LogP contribution in [0.25, 0.3) is 0 Å². The molecule has 5 nitrogen and oxygen atoms in total. The largest absolute Gasteiger partial charge is 0.385 e. The normalized spacial score (nSPS) is 16.6. The zero-order valence-corrected chi connectivity index (χ0v) is 11.4. The van der Waals surface area contributed by atoms with Crippen LogP contribution >= 0.6 is 0 Å². The van der Waals surface area contributed by atoms with Gasteiger partial charge in [-0.3, -0.25) is 0 Å². The molecule has 5 heteroatoms. The first kappa shape index (κ1) is 13.1. The number of aromatic nitrogens is 2. The Morgan fingerprint density at radius 3 is 2.78 bits per heavy atom. The Kier molecular flexibility index (Phi) is 4.01. The number of nitrogen functional groups attached to an aromatic ring is 1. The molecule has 0 amide bonds. The Bertz CT molecular complexity index is 418. The van der Waals surface area contributed by atoms with Crippen LogP contribution in [0, 0.1) is 6.92 Å². The van der Waals surface area contributed by atoms with Gasteiger partial charge in [0.15, 0.2) is 0 Å². The third-order valence-corrected chi connectivity index (χ3v) is 3.28. The third-order valence-electron chi connectivity index (χ3n) is 3.28. The molecule has 1 saturated carbocycles. The molecule has 0 bridgehead atoms. The van der Waals surface area contributed by atoms with E-state index in [1.165, 1.54) is 12.8 Å². The molecule has 0 radical (unpaired) electrons. The minimum absolute atomic E-state index is 0.310. The van der Waals surface area contributed by atoms with E-state index >= 15 is 0 Å². The van der Waals surface area contributed by atoms with Gasteiger partial charge in [0.1, 0.15) is 17.5 Å². The molecule has 0 aliphatic heterocycles. The van der Waals surface area contributed by atoms with Crippen LogP contribution in [0.1, 0.15) is 43.5 Å². The maximum Gasteiger partial charge on any atom is 0.136 e. The molecule has 1 aromatic rings. The van der Waals surface area contributed by atoms with Crippen LogP contribution in [0.4, 0.5) is 11.6 Å². The number of hydrogen-bond acceptors (Lipinski definition) is 5. The maximum atomic E-state index is 5.95. The van der Waals surface area contributed by atoms with Crippen molar-refractivity contribution < 1.29 is 4.74 Å². The average molecular weight is 250 g/mol. The SMILES string of the molecule is COCCC(C)Nc1nc(C2CC2)nc(N)c1C. The molecular weight excluding hydrogens is 228 g/mol. The first-order chi connectivity index (χ1) is 8.61. The van der Waals surface area contributed by atoms with Crippen LogP contribution in [0.2, 0.25) is 0 Å². The van der Waals surface area contributed by atoms with Gasteiger partial charge in [-0.1, -0.05) is 0 Å². The number of nitrogens with zero attached hydrogens (tertiary/aromatic N) is 2. The van der Waals surface area contributed by atoms with Crippen LogP contribution in [0.3, 0.4) is 0 Å². The van der Waals surface area contributed by atoms with Gasteiger partial charge in [-0.05, 0) is 33.1 Å². The van der Waals surface area contributed by atoms with Crippen molar-refractivity contribution in [2.24, 2.45) is 0 Å². The number of nitrogens with two attached hydrogens (primary N) is 1. The molecule has 1 aliphatic rings. The Morgan fingerprint density at radius 1 is 1.44 bits per heavy atom. The van der Waals surface area contributed by atoms with E-state index in [1.807, 2.05) is 6.92 Å². The number of ether oxygens (including phenoxy) is 1. The van der Waals surface area contributed by atoms with Gasteiger partial charge in [-0.15, -0.1) is 0 Å². The van der Waals surface area contributed by atoms with Gasteiger partial charge in [-0.25, -0.2) is 9.97 Å². The smallest absolute Gasteiger partial charge is 0.136 e. The van der Waals surface area contributed by atoms with Gasteiger partial charge >= 0.3 is 0 Å². The molecule has 3 N–H and O–H groups in total. The van der Waals surface area contributed by atoms with Gasteiger partial charge in [0.25, 0.3) is 0 Å². The summed E-state index contributed by atoms with van der Waals surface area (Å²) in [7, 11) is 1.71. The number of methoxy groups -OCH3 is 1. The highest BCUT2D eigenvalue weighted by Crippen LogP contribution is 2.39. The summed E-state index contributed by atoms with van der Waals surface area (Å²) in [5.41, 5.74) is 6.88. The van der Waals surface area contributed by atoms with Gasteiger partial charge < -0.3 is 15.8 Å². The summed E-state index contributed by atoms with van der Waals surface area (Å²) in [4.78, 5) is 8.97. The number of rotatable bonds is 6. The number of anilines is 2. The van der Waals surface area contributed by atoms with E-state index < -0.39 is 0 Å². The molecule has 1 aliphatic carbocycles. The van der Waals surface area contributed by atoms with Crippen molar-refractivity contribution in [3.05, 3.63) is 11.4 Å². The summed E-state index contributed by atoms with van der Waals surface area (Å²) in [6, 6.07) is 0.310. The number of nitrogens with one attached hydrogen (secondary N) is 1. The minimum atomic E-state index is 0.310. The zero-order valence-electron chi connectivity index (χ0n) is 11.4. The Balaban J connectivity index is 2.10. The summed E-state index contributed by atoms with van der Waals surface area (Å²) >= 11 is 0. The van der Waals surface area contributed by atoms with E-state index in [2.05, 4.69) is 22.2 Å². The predicted molar refractivity (Wildman–Crippen MR) is 72.7 cm³/mol. The van der Waals surface area contributed by atoms with Crippen molar-refractivity contribution in [1.82, 2.24) is 9.97 Å². The topological polar surface area (TPSA) is 73.1 Å². The van der Waals surface area contributed by atoms with E-state index in [0.29, 0.717) is 17.8 Å². The lowest BCUT2D eigenvalue weighted by Crippen LogP contribution is -2.20. The fraction of sp³-hybridized carbons (Fsp3) is 0.692. The Labute approximate surface area is 108 Å². The average Bonchev–Trinajstić information content (AvgIpc) is 3.16. The summed E-state index contributed by atoms with van der Waals surface area (Å²) in [6.45, 7) is 4.81. The second-order valence-corrected chi connectivity index (χ2v) is 5.04. The first-order valence-electron chi connectivity index (χ1n) is 6.51. The summed E-state index contributed by atoms with van der Waals surface area (Å²) in [5.74, 6) is 2.86. The zero-order chi connectivity index (χ0) is 13.1. The lowest BCUT2D eigenvalue weighted by Gasteiger charge is -2.17. The van der Waals surface area contributed by atoms with Crippen LogP contribution in [0.15, 0.2) is 0 Å². The molecule has 100 valence electrons. The molecule has 1 fully saturated rings. The second kappa shape index (κ2) is 5.52. The number of hydrogen-bond donors (Lipinski definition) is 2. The van der Waals surface area contributed by atoms with Crippen molar-refractivity contribution in [3.63, 3.8) is 0 Å². The predicted octanol–water partition coefficient (Wildman–Crippen LogP) is 2.08. The second-order valence-electron chi connectivity index (χ2n) is 5.04. The van der Waals surface area contributed by atoms with Crippen molar-refractivity contribution in [2.75, 3.05) is 24.8 Å². The fourth-order valence-electron chi connectivity index (χ4n) is 1.82. The molecule has 0 spiro atoms. The molecule has 1 unspecified atom stereocenters. The van der Waals surface area contributed by atoms with Gasteiger partial charge in [-0.2, -0.15) is 0 Å². The van der Waals surface area contributed by atoms with Crippen molar-refractivity contribution in [1.29, 1.82) is 0 Å². The minimum Gasteiger partial charge on any atom is -0.385 e. The van der Waals surface area contributed by atoms with Crippen LogP contribution in [0.5, 0.6) is 0 Å². The quantitative estimate of drug-likeness (QED) is 0.808. The van der Waals surface area contributed by atoms with Crippen molar-refractivity contribution in [2.45, 2.75) is 45.1 Å². The van der Waals surface area contributed by atoms with E-state index in [1.54, 1.807) is 7.11 Å². The van der Waals surface area contributed by atoms with Crippen LogP contribution < -0.4 is 11.1 Å². The maximum absolute atomic E-state index is 5.95. The molecule has 1 heterocycles. The lowest BCUT2D eigenvalue weighted by molar-refractivity contribution is 0.191. The molecule has 0 aromatic carbocycles. The molecule has 2 rings (SSSR count). The monoisotopic (exact) mass is 250 g/mol. The van der Waals surface area contributed by atoms with E-state index in [0.717, 1.165) is 30.2 Å². The van der Waals surface area contributed by atoms with E-state index in [9.17, 15) is 0 Å². The standard InChI is InChI=1S/C13H22N4O/c1-8(6-7-18-3)15-12-9(2)11(14)16-13(17-12)10-4-5-10/h8,10H,4-7H2,1-3H3,(H3,14,15,16,17). The Morgan fingerprint density at radius 2 is 2.17 bits per heavy atom. The van der Waals surface area contributed by atoms with Crippen LogP contribution in [-0.4, -0.2) is 29.7 Å². The van der Waals surface area contributed by atoms with Gasteiger partial charge in [0.2, 0.25) is 0 Å². The third kappa shape index (κ3) is 3.10. The van der Waals surface area contributed by atoms with Crippen LogP contribution in [-0.2, 0) is 4.74 Å². The summed E-state index contributed by atoms with van der Waals surface area (Å²) in [5, 5.41) is 3.40. The summed E-state index contributed by atoms with van der Waals surface area (Å²) < 4.78 is 5.08. The Hall–Kier alpha value is -1.36. The molecule has 18 heavy (non-hydrogen) atoms. The first-order valence-corrected chi connectivity index (χ1v) is 6.51. The highest BCUT2D eigenvalue weighted by Gasteiger charge is 2.28. The highest BCUT2D eigenvalue weighted by molar-refractivity contribution is 5.55. The van der Waals surface area contributed by atoms with E-state index in [-0.39, 0.29) is 0 Å². The molecule has 1 atom stereocenters. The molecule has 0 saturated heterocycles.